The fraction of sp³-hybridized carbons (Fsp3) is 0. The number of halogens is 3. The lowest BCUT2D eigenvalue weighted by molar-refractivity contribution is 0.103. The molecule has 21 heavy (non-hydrogen) atoms. The molecular formula is C16H8BrF2NO. The van der Waals surface area contributed by atoms with Crippen LogP contribution in [0.4, 0.5) is 8.78 Å². The van der Waals surface area contributed by atoms with Gasteiger partial charge in [-0.25, -0.2) is 8.78 Å². The topological polar surface area (TPSA) is 30.0 Å². The summed E-state index contributed by atoms with van der Waals surface area (Å²) in [6.07, 6.45) is 1.32. The van der Waals surface area contributed by atoms with Crippen LogP contribution < -0.4 is 0 Å². The summed E-state index contributed by atoms with van der Waals surface area (Å²) in [5.74, 6) is -2.53. The standard InChI is InChI=1S/C16H8BrF2NO/c17-11-6-12(18)15(13(19)7-11)16(21)10-5-9-3-1-2-4-14(9)20-8-10/h1-8H. The zero-order chi connectivity index (χ0) is 15.0. The number of hydrogen-bond acceptors (Lipinski definition) is 2. The second kappa shape index (κ2) is 5.33. The molecule has 0 aliphatic heterocycles. The van der Waals surface area contributed by atoms with E-state index in [9.17, 15) is 13.6 Å². The summed E-state index contributed by atoms with van der Waals surface area (Å²) in [7, 11) is 0. The van der Waals surface area contributed by atoms with Crippen molar-refractivity contribution in [2.24, 2.45) is 0 Å². The van der Waals surface area contributed by atoms with Gasteiger partial charge in [-0.3, -0.25) is 9.78 Å². The third-order valence-corrected chi connectivity index (χ3v) is 3.54. The summed E-state index contributed by atoms with van der Waals surface area (Å²) in [5, 5.41) is 0.737. The minimum Gasteiger partial charge on any atom is -0.288 e. The van der Waals surface area contributed by atoms with E-state index in [-0.39, 0.29) is 10.0 Å². The van der Waals surface area contributed by atoms with E-state index < -0.39 is 23.0 Å². The lowest BCUT2D eigenvalue weighted by atomic mass is 10.0. The van der Waals surface area contributed by atoms with Crippen molar-refractivity contribution >= 4 is 32.6 Å². The van der Waals surface area contributed by atoms with Gasteiger partial charge in [0, 0.05) is 21.6 Å². The van der Waals surface area contributed by atoms with Crippen LogP contribution in [0, 0.1) is 11.6 Å². The molecule has 1 heterocycles. The molecule has 104 valence electrons. The van der Waals surface area contributed by atoms with Crippen molar-refractivity contribution in [2.45, 2.75) is 0 Å². The van der Waals surface area contributed by atoms with Gasteiger partial charge in [-0.2, -0.15) is 0 Å². The first-order chi connectivity index (χ1) is 10.1. The molecule has 0 spiro atoms. The first-order valence-corrected chi connectivity index (χ1v) is 6.89. The Bertz CT molecular complexity index is 841. The van der Waals surface area contributed by atoms with Gasteiger partial charge in [0.1, 0.15) is 11.6 Å². The quantitative estimate of drug-likeness (QED) is 0.638. The van der Waals surface area contributed by atoms with Gasteiger partial charge in [0.05, 0.1) is 11.1 Å². The number of aromatic nitrogens is 1. The van der Waals surface area contributed by atoms with Gasteiger partial charge in [0.2, 0.25) is 5.78 Å². The van der Waals surface area contributed by atoms with Crippen molar-refractivity contribution in [1.82, 2.24) is 4.98 Å². The first kappa shape index (κ1) is 13.8. The monoisotopic (exact) mass is 347 g/mol. The second-order valence-corrected chi connectivity index (χ2v) is 5.41. The number of para-hydroxylation sites is 1. The Morgan fingerprint density at radius 2 is 1.71 bits per heavy atom. The molecule has 3 aromatic rings. The number of hydrogen-bond donors (Lipinski definition) is 0. The van der Waals surface area contributed by atoms with Gasteiger partial charge in [0.25, 0.3) is 0 Å². The highest BCUT2D eigenvalue weighted by molar-refractivity contribution is 9.10. The molecular weight excluding hydrogens is 340 g/mol. The van der Waals surface area contributed by atoms with Crippen molar-refractivity contribution in [3.8, 4) is 0 Å². The molecule has 0 radical (unpaired) electrons. The Kier molecular flexibility index (Phi) is 3.51. The van der Waals surface area contributed by atoms with Crippen LogP contribution in [-0.2, 0) is 0 Å². The molecule has 0 unspecified atom stereocenters. The van der Waals surface area contributed by atoms with Gasteiger partial charge in [-0.05, 0) is 24.3 Å². The normalized spacial score (nSPS) is 10.8. The number of ketones is 1. The average molecular weight is 348 g/mol. The zero-order valence-corrected chi connectivity index (χ0v) is 12.2. The van der Waals surface area contributed by atoms with Crippen LogP contribution in [0.1, 0.15) is 15.9 Å². The summed E-state index contributed by atoms with van der Waals surface area (Å²) >= 11 is 2.98. The Morgan fingerprint density at radius 1 is 1.05 bits per heavy atom. The van der Waals surface area contributed by atoms with Crippen LogP contribution in [0.25, 0.3) is 10.9 Å². The highest BCUT2D eigenvalue weighted by Crippen LogP contribution is 2.23. The minimum absolute atomic E-state index is 0.147. The van der Waals surface area contributed by atoms with Crippen molar-refractivity contribution in [3.05, 3.63) is 75.9 Å². The fourth-order valence-corrected chi connectivity index (χ4v) is 2.50. The number of carbonyl (C=O) groups is 1. The average Bonchev–Trinajstić information content (AvgIpc) is 2.45. The maximum atomic E-state index is 13.9. The number of pyridine rings is 1. The summed E-state index contributed by atoms with van der Waals surface area (Å²) in [6.45, 7) is 0. The number of nitrogens with zero attached hydrogens (tertiary/aromatic N) is 1. The van der Waals surface area contributed by atoms with Crippen molar-refractivity contribution in [3.63, 3.8) is 0 Å². The highest BCUT2D eigenvalue weighted by atomic mass is 79.9. The summed E-state index contributed by atoms with van der Waals surface area (Å²) in [5.41, 5.74) is 0.287. The minimum atomic E-state index is -0.903. The first-order valence-electron chi connectivity index (χ1n) is 6.10. The van der Waals surface area contributed by atoms with Crippen molar-refractivity contribution in [1.29, 1.82) is 0 Å². The molecule has 0 fully saturated rings. The lowest BCUT2D eigenvalue weighted by Crippen LogP contribution is -2.08. The number of carbonyl (C=O) groups excluding carboxylic acids is 1. The van der Waals surface area contributed by atoms with Crippen LogP contribution in [0.3, 0.4) is 0 Å². The van der Waals surface area contributed by atoms with Crippen molar-refractivity contribution < 1.29 is 13.6 Å². The summed E-state index contributed by atoms with van der Waals surface area (Å²) < 4.78 is 27.9. The fourth-order valence-electron chi connectivity index (χ4n) is 2.10. The van der Waals surface area contributed by atoms with Crippen LogP contribution in [0.2, 0.25) is 0 Å². The van der Waals surface area contributed by atoms with E-state index in [1.807, 2.05) is 6.07 Å². The van der Waals surface area contributed by atoms with Crippen LogP contribution in [-0.4, -0.2) is 10.8 Å². The van der Waals surface area contributed by atoms with Crippen LogP contribution in [0.15, 0.2) is 53.1 Å². The predicted molar refractivity (Wildman–Crippen MR) is 79.2 cm³/mol. The maximum absolute atomic E-state index is 13.9. The second-order valence-electron chi connectivity index (χ2n) is 4.49. The smallest absolute Gasteiger partial charge is 0.200 e. The van der Waals surface area contributed by atoms with E-state index in [0.717, 1.165) is 17.5 Å². The number of rotatable bonds is 2. The Labute approximate surface area is 127 Å². The van der Waals surface area contributed by atoms with E-state index in [0.29, 0.717) is 5.52 Å². The largest absolute Gasteiger partial charge is 0.288 e. The number of benzene rings is 2. The molecule has 5 heteroatoms. The highest BCUT2D eigenvalue weighted by Gasteiger charge is 2.20. The van der Waals surface area contributed by atoms with Gasteiger partial charge in [-0.1, -0.05) is 34.1 Å². The van der Waals surface area contributed by atoms with Crippen LogP contribution in [0.5, 0.6) is 0 Å². The third-order valence-electron chi connectivity index (χ3n) is 3.09. The molecule has 2 nitrogen and oxygen atoms in total. The molecule has 0 aliphatic rings. The maximum Gasteiger partial charge on any atom is 0.200 e. The van der Waals surface area contributed by atoms with Crippen molar-refractivity contribution in [2.75, 3.05) is 0 Å². The predicted octanol–water partition coefficient (Wildman–Crippen LogP) is 4.51. The zero-order valence-electron chi connectivity index (χ0n) is 10.6. The van der Waals surface area contributed by atoms with E-state index in [2.05, 4.69) is 20.9 Å². The molecule has 0 atom stereocenters. The molecule has 1 aromatic heterocycles. The molecule has 0 saturated heterocycles. The lowest BCUT2D eigenvalue weighted by Gasteiger charge is -2.06. The SMILES string of the molecule is O=C(c1cnc2ccccc2c1)c1c(F)cc(Br)cc1F. The number of fused-ring (bicyclic) bond motifs is 1. The van der Waals surface area contributed by atoms with E-state index in [4.69, 9.17) is 0 Å². The molecule has 3 rings (SSSR count). The Morgan fingerprint density at radius 3 is 2.43 bits per heavy atom. The molecule has 2 aromatic carbocycles. The third kappa shape index (κ3) is 2.56. The van der Waals surface area contributed by atoms with Gasteiger partial charge in [0.15, 0.2) is 0 Å². The Balaban J connectivity index is 2.12. The van der Waals surface area contributed by atoms with Gasteiger partial charge >= 0.3 is 0 Å². The molecule has 0 bridgehead atoms. The molecule has 0 saturated carbocycles. The van der Waals surface area contributed by atoms with E-state index in [1.165, 1.54) is 6.20 Å². The Hall–Kier alpha value is -2.14. The van der Waals surface area contributed by atoms with E-state index in [1.54, 1.807) is 24.3 Å². The van der Waals surface area contributed by atoms with Crippen LogP contribution >= 0.6 is 15.9 Å². The summed E-state index contributed by atoms with van der Waals surface area (Å²) in [6, 6.07) is 10.9. The van der Waals surface area contributed by atoms with Gasteiger partial charge in [-0.15, -0.1) is 0 Å². The summed E-state index contributed by atoms with van der Waals surface area (Å²) in [4.78, 5) is 16.4. The van der Waals surface area contributed by atoms with Gasteiger partial charge < -0.3 is 0 Å². The molecule has 0 aliphatic carbocycles. The molecule has 0 amide bonds. The van der Waals surface area contributed by atoms with E-state index >= 15 is 0 Å². The molecule has 0 N–H and O–H groups in total.